The van der Waals surface area contributed by atoms with Crippen molar-refractivity contribution in [1.29, 1.82) is 0 Å². The highest BCUT2D eigenvalue weighted by atomic mass is 79.9. The Bertz CT molecular complexity index is 644. The molecule has 0 amide bonds. The average molecular weight is 439 g/mol. The van der Waals surface area contributed by atoms with Crippen molar-refractivity contribution >= 4 is 43.5 Å². The van der Waals surface area contributed by atoms with Gasteiger partial charge in [-0.25, -0.2) is 4.39 Å². The Morgan fingerprint density at radius 1 is 1.14 bits per heavy atom. The maximum Gasteiger partial charge on any atom is 0.133 e. The molecule has 0 aliphatic rings. The van der Waals surface area contributed by atoms with Gasteiger partial charge in [0.05, 0.1) is 23.5 Å². The standard InChI is InChI=1S/C15H12Br2ClFO2/c1-20-12-7-9(16)13(21-2)6-8(12)15(17)14-10(18)4-3-5-11(14)19/h3-7,15H,1-2H3. The largest absolute Gasteiger partial charge is 0.496 e. The summed E-state index contributed by atoms with van der Waals surface area (Å²) in [5.41, 5.74) is 1.09. The first-order valence-corrected chi connectivity index (χ1v) is 8.07. The zero-order valence-corrected chi connectivity index (χ0v) is 15.2. The van der Waals surface area contributed by atoms with E-state index in [-0.39, 0.29) is 5.82 Å². The predicted molar refractivity (Wildman–Crippen MR) is 89.4 cm³/mol. The third kappa shape index (κ3) is 3.35. The summed E-state index contributed by atoms with van der Waals surface area (Å²) in [6, 6.07) is 8.15. The highest BCUT2D eigenvalue weighted by Gasteiger charge is 2.23. The van der Waals surface area contributed by atoms with Gasteiger partial charge in [-0.1, -0.05) is 33.6 Å². The predicted octanol–water partition coefficient (Wildman–Crippen LogP) is 5.74. The van der Waals surface area contributed by atoms with Crippen molar-refractivity contribution in [2.24, 2.45) is 0 Å². The van der Waals surface area contributed by atoms with Gasteiger partial charge in [-0.2, -0.15) is 0 Å². The third-order valence-electron chi connectivity index (χ3n) is 3.03. The van der Waals surface area contributed by atoms with E-state index in [1.54, 1.807) is 38.5 Å². The zero-order chi connectivity index (χ0) is 15.6. The number of methoxy groups -OCH3 is 2. The number of alkyl halides is 1. The first-order chi connectivity index (χ1) is 9.99. The number of hydrogen-bond acceptors (Lipinski definition) is 2. The molecule has 0 radical (unpaired) electrons. The Hall–Kier alpha value is -0.780. The fourth-order valence-corrected chi connectivity index (χ4v) is 3.70. The van der Waals surface area contributed by atoms with E-state index in [0.717, 1.165) is 10.0 Å². The second-order valence-electron chi connectivity index (χ2n) is 4.23. The van der Waals surface area contributed by atoms with Crippen LogP contribution in [-0.2, 0) is 0 Å². The van der Waals surface area contributed by atoms with Crippen LogP contribution in [0.15, 0.2) is 34.8 Å². The number of ether oxygens (including phenoxy) is 2. The molecule has 2 aromatic rings. The van der Waals surface area contributed by atoms with Crippen LogP contribution in [0.25, 0.3) is 0 Å². The summed E-state index contributed by atoms with van der Waals surface area (Å²) in [5.74, 6) is 0.847. The molecule has 1 unspecified atom stereocenters. The number of hydrogen-bond donors (Lipinski definition) is 0. The molecule has 0 saturated carbocycles. The lowest BCUT2D eigenvalue weighted by atomic mass is 10.0. The molecule has 0 aromatic heterocycles. The molecule has 6 heteroatoms. The highest BCUT2D eigenvalue weighted by Crippen LogP contribution is 2.44. The molecular weight excluding hydrogens is 426 g/mol. The molecule has 2 nitrogen and oxygen atoms in total. The normalized spacial score (nSPS) is 12.1. The summed E-state index contributed by atoms with van der Waals surface area (Å²) in [7, 11) is 3.12. The molecule has 112 valence electrons. The molecule has 0 heterocycles. The Balaban J connectivity index is 2.59. The first-order valence-electron chi connectivity index (χ1n) is 5.99. The molecule has 1 atom stereocenters. The van der Waals surface area contributed by atoms with Gasteiger partial charge in [0.25, 0.3) is 0 Å². The zero-order valence-electron chi connectivity index (χ0n) is 11.3. The van der Waals surface area contributed by atoms with E-state index in [1.165, 1.54) is 6.07 Å². The van der Waals surface area contributed by atoms with Crippen molar-refractivity contribution in [2.45, 2.75) is 4.83 Å². The summed E-state index contributed by atoms with van der Waals surface area (Å²) < 4.78 is 25.5. The number of rotatable bonds is 4. The Labute approximate surface area is 144 Å². The second-order valence-corrected chi connectivity index (χ2v) is 6.40. The van der Waals surface area contributed by atoms with Crippen LogP contribution in [0.3, 0.4) is 0 Å². The van der Waals surface area contributed by atoms with Crippen LogP contribution in [0.1, 0.15) is 16.0 Å². The Morgan fingerprint density at radius 2 is 1.81 bits per heavy atom. The monoisotopic (exact) mass is 436 g/mol. The van der Waals surface area contributed by atoms with Crippen LogP contribution < -0.4 is 9.47 Å². The minimum absolute atomic E-state index is 0.348. The molecule has 0 bridgehead atoms. The van der Waals surface area contributed by atoms with Gasteiger partial charge in [0.15, 0.2) is 0 Å². The molecule has 0 aliphatic carbocycles. The van der Waals surface area contributed by atoms with E-state index < -0.39 is 4.83 Å². The SMILES string of the molecule is COc1cc(C(Br)c2c(F)cccc2Cl)c(OC)cc1Br. The summed E-state index contributed by atoms with van der Waals surface area (Å²) in [5, 5.41) is 0.348. The molecule has 0 saturated heterocycles. The smallest absolute Gasteiger partial charge is 0.133 e. The van der Waals surface area contributed by atoms with Crippen molar-refractivity contribution in [3.8, 4) is 11.5 Å². The van der Waals surface area contributed by atoms with E-state index in [1.807, 2.05) is 0 Å². The van der Waals surface area contributed by atoms with E-state index in [2.05, 4.69) is 31.9 Å². The fraction of sp³-hybridized carbons (Fsp3) is 0.200. The molecule has 0 N–H and O–H groups in total. The van der Waals surface area contributed by atoms with Crippen LogP contribution in [0.4, 0.5) is 4.39 Å². The van der Waals surface area contributed by atoms with Gasteiger partial charge in [-0.15, -0.1) is 0 Å². The minimum Gasteiger partial charge on any atom is -0.496 e. The summed E-state index contributed by atoms with van der Waals surface area (Å²) >= 11 is 13.0. The van der Waals surface area contributed by atoms with E-state index >= 15 is 0 Å². The van der Waals surface area contributed by atoms with Gasteiger partial charge in [0.1, 0.15) is 17.3 Å². The lowest BCUT2D eigenvalue weighted by molar-refractivity contribution is 0.397. The van der Waals surface area contributed by atoms with E-state index in [9.17, 15) is 4.39 Å². The summed E-state index contributed by atoms with van der Waals surface area (Å²) in [6.45, 7) is 0. The van der Waals surface area contributed by atoms with Crippen molar-refractivity contribution in [2.75, 3.05) is 14.2 Å². The van der Waals surface area contributed by atoms with Gasteiger partial charge in [-0.05, 0) is 40.2 Å². The third-order valence-corrected chi connectivity index (χ3v) is 4.93. The van der Waals surface area contributed by atoms with Gasteiger partial charge >= 0.3 is 0 Å². The molecule has 0 fully saturated rings. The number of halogens is 4. The van der Waals surface area contributed by atoms with Crippen molar-refractivity contribution in [3.63, 3.8) is 0 Å². The maximum absolute atomic E-state index is 14.1. The van der Waals surface area contributed by atoms with Gasteiger partial charge in [0.2, 0.25) is 0 Å². The molecular formula is C15H12Br2ClFO2. The van der Waals surface area contributed by atoms with Gasteiger partial charge < -0.3 is 9.47 Å². The molecule has 2 rings (SSSR count). The fourth-order valence-electron chi connectivity index (χ4n) is 1.99. The quantitative estimate of drug-likeness (QED) is 0.567. The maximum atomic E-state index is 14.1. The van der Waals surface area contributed by atoms with Crippen molar-refractivity contribution < 1.29 is 13.9 Å². The van der Waals surface area contributed by atoms with Crippen LogP contribution in [0.5, 0.6) is 11.5 Å². The number of benzene rings is 2. The van der Waals surface area contributed by atoms with Gasteiger partial charge in [0, 0.05) is 16.1 Å². The van der Waals surface area contributed by atoms with Crippen molar-refractivity contribution in [1.82, 2.24) is 0 Å². The molecule has 0 spiro atoms. The lowest BCUT2D eigenvalue weighted by Crippen LogP contribution is -2.02. The minimum atomic E-state index is -0.455. The lowest BCUT2D eigenvalue weighted by Gasteiger charge is -2.18. The van der Waals surface area contributed by atoms with Crippen LogP contribution in [0, 0.1) is 5.82 Å². The van der Waals surface area contributed by atoms with Crippen LogP contribution in [0.2, 0.25) is 5.02 Å². The molecule has 0 aliphatic heterocycles. The topological polar surface area (TPSA) is 18.5 Å². The van der Waals surface area contributed by atoms with Crippen LogP contribution >= 0.6 is 43.5 Å². The molecule has 2 aromatic carbocycles. The van der Waals surface area contributed by atoms with E-state index in [4.69, 9.17) is 21.1 Å². The van der Waals surface area contributed by atoms with Crippen molar-refractivity contribution in [3.05, 3.63) is 56.8 Å². The average Bonchev–Trinajstić information content (AvgIpc) is 2.46. The van der Waals surface area contributed by atoms with E-state index in [0.29, 0.717) is 22.1 Å². The Morgan fingerprint density at radius 3 is 2.38 bits per heavy atom. The second kappa shape index (κ2) is 6.99. The first kappa shape index (κ1) is 16.6. The van der Waals surface area contributed by atoms with Crippen LogP contribution in [-0.4, -0.2) is 14.2 Å². The Kier molecular flexibility index (Phi) is 5.52. The molecule has 21 heavy (non-hydrogen) atoms. The van der Waals surface area contributed by atoms with Gasteiger partial charge in [-0.3, -0.25) is 0 Å². The highest BCUT2D eigenvalue weighted by molar-refractivity contribution is 9.10. The summed E-state index contributed by atoms with van der Waals surface area (Å²) in [4.78, 5) is -0.455. The summed E-state index contributed by atoms with van der Waals surface area (Å²) in [6.07, 6.45) is 0.